The molecule has 2 N–H and O–H groups in total. The van der Waals surface area contributed by atoms with Crippen molar-refractivity contribution in [2.24, 2.45) is 4.99 Å². The molecule has 0 heterocycles. The molecule has 0 atom stereocenters. The fraction of sp³-hybridized carbons (Fsp3) is 0.409. The summed E-state index contributed by atoms with van der Waals surface area (Å²) in [4.78, 5) is 4.92. The van der Waals surface area contributed by atoms with Gasteiger partial charge in [-0.15, -0.1) is 0 Å². The van der Waals surface area contributed by atoms with Gasteiger partial charge < -0.3 is 10.6 Å². The SMILES string of the molecule is CCNC(=NCc1ccc(S(=O)(=O)N(C)C(C)C)cc1)NCc1ccccc1C. The minimum Gasteiger partial charge on any atom is -0.357 e. The van der Waals surface area contributed by atoms with E-state index in [0.717, 1.165) is 18.1 Å². The number of nitrogens with zero attached hydrogens (tertiary/aromatic N) is 2. The number of rotatable bonds is 8. The summed E-state index contributed by atoms with van der Waals surface area (Å²) in [7, 11) is -1.87. The largest absolute Gasteiger partial charge is 0.357 e. The molecule has 0 saturated carbocycles. The highest BCUT2D eigenvalue weighted by Crippen LogP contribution is 2.17. The second-order valence-corrected chi connectivity index (χ2v) is 9.23. The number of sulfonamides is 1. The fourth-order valence-corrected chi connectivity index (χ4v) is 4.08. The van der Waals surface area contributed by atoms with Crippen molar-refractivity contribution in [3.05, 3.63) is 65.2 Å². The molecule has 2 rings (SSSR count). The fourth-order valence-electron chi connectivity index (χ4n) is 2.71. The molecule has 0 unspecified atom stereocenters. The van der Waals surface area contributed by atoms with E-state index >= 15 is 0 Å². The molecule has 0 spiro atoms. The van der Waals surface area contributed by atoms with E-state index < -0.39 is 10.0 Å². The molecule has 2 aromatic carbocycles. The van der Waals surface area contributed by atoms with Crippen molar-refractivity contribution >= 4 is 16.0 Å². The maximum Gasteiger partial charge on any atom is 0.243 e. The van der Waals surface area contributed by atoms with Crippen molar-refractivity contribution in [3.63, 3.8) is 0 Å². The molecule has 0 fully saturated rings. The molecule has 0 aliphatic heterocycles. The maximum absolute atomic E-state index is 12.6. The summed E-state index contributed by atoms with van der Waals surface area (Å²) in [5.41, 5.74) is 3.41. The van der Waals surface area contributed by atoms with Gasteiger partial charge in [-0.05, 0) is 56.5 Å². The smallest absolute Gasteiger partial charge is 0.243 e. The van der Waals surface area contributed by atoms with Crippen molar-refractivity contribution in [1.82, 2.24) is 14.9 Å². The average molecular weight is 417 g/mol. The lowest BCUT2D eigenvalue weighted by molar-refractivity contribution is 0.410. The Hall–Kier alpha value is -2.38. The van der Waals surface area contributed by atoms with E-state index in [9.17, 15) is 8.42 Å². The standard InChI is InChI=1S/C22H32N4O2S/c1-6-23-22(25-16-20-10-8-7-9-18(20)4)24-15-19-11-13-21(14-12-19)29(27,28)26(5)17(2)3/h7-14,17H,6,15-16H2,1-5H3,(H2,23,24,25). The number of aryl methyl sites for hydroxylation is 1. The Kier molecular flexibility index (Phi) is 8.22. The van der Waals surface area contributed by atoms with Gasteiger partial charge in [0, 0.05) is 26.2 Å². The van der Waals surface area contributed by atoms with E-state index in [2.05, 4.69) is 34.7 Å². The second-order valence-electron chi connectivity index (χ2n) is 7.23. The second kappa shape index (κ2) is 10.4. The predicted octanol–water partition coefficient (Wildman–Crippen LogP) is 3.28. The van der Waals surface area contributed by atoms with Crippen LogP contribution < -0.4 is 10.6 Å². The van der Waals surface area contributed by atoms with Gasteiger partial charge in [-0.3, -0.25) is 0 Å². The van der Waals surface area contributed by atoms with Crippen LogP contribution in [0.5, 0.6) is 0 Å². The topological polar surface area (TPSA) is 73.8 Å². The zero-order valence-corrected chi connectivity index (χ0v) is 18.8. The molecule has 0 aromatic heterocycles. The predicted molar refractivity (Wildman–Crippen MR) is 119 cm³/mol. The van der Waals surface area contributed by atoms with Crippen LogP contribution in [0.1, 0.15) is 37.5 Å². The van der Waals surface area contributed by atoms with Crippen LogP contribution >= 0.6 is 0 Å². The molecule has 0 aliphatic carbocycles. The van der Waals surface area contributed by atoms with Gasteiger partial charge in [-0.1, -0.05) is 36.4 Å². The first-order valence-corrected chi connectivity index (χ1v) is 11.3. The van der Waals surface area contributed by atoms with Crippen LogP contribution in [0, 0.1) is 6.92 Å². The van der Waals surface area contributed by atoms with Crippen molar-refractivity contribution in [1.29, 1.82) is 0 Å². The summed E-state index contributed by atoms with van der Waals surface area (Å²) in [6.07, 6.45) is 0. The van der Waals surface area contributed by atoms with Crippen LogP contribution in [0.2, 0.25) is 0 Å². The van der Waals surface area contributed by atoms with Crippen LogP contribution in [0.3, 0.4) is 0 Å². The van der Waals surface area contributed by atoms with Gasteiger partial charge in [0.25, 0.3) is 0 Å². The summed E-state index contributed by atoms with van der Waals surface area (Å²) in [6.45, 7) is 9.74. The van der Waals surface area contributed by atoms with E-state index in [1.807, 2.05) is 45.0 Å². The lowest BCUT2D eigenvalue weighted by Crippen LogP contribution is -2.36. The monoisotopic (exact) mass is 416 g/mol. The molecule has 0 amide bonds. The number of benzene rings is 2. The van der Waals surface area contributed by atoms with Crippen LogP contribution in [0.15, 0.2) is 58.4 Å². The minimum absolute atomic E-state index is 0.0914. The highest BCUT2D eigenvalue weighted by Gasteiger charge is 2.22. The highest BCUT2D eigenvalue weighted by molar-refractivity contribution is 7.89. The van der Waals surface area contributed by atoms with E-state index in [4.69, 9.17) is 0 Å². The molecule has 0 aliphatic rings. The van der Waals surface area contributed by atoms with Crippen molar-refractivity contribution in [2.75, 3.05) is 13.6 Å². The number of hydrogen-bond acceptors (Lipinski definition) is 3. The lowest BCUT2D eigenvalue weighted by atomic mass is 10.1. The van der Waals surface area contributed by atoms with Crippen LogP contribution in [0.4, 0.5) is 0 Å². The Labute approximate surface area is 175 Å². The Morgan fingerprint density at radius 2 is 1.72 bits per heavy atom. The summed E-state index contributed by atoms with van der Waals surface area (Å²) in [6, 6.07) is 15.1. The maximum atomic E-state index is 12.6. The number of aliphatic imine (C=N–C) groups is 1. The minimum atomic E-state index is -3.47. The van der Waals surface area contributed by atoms with Crippen molar-refractivity contribution < 1.29 is 8.42 Å². The number of hydrogen-bond donors (Lipinski definition) is 2. The molecule has 29 heavy (non-hydrogen) atoms. The first-order valence-electron chi connectivity index (χ1n) is 9.89. The highest BCUT2D eigenvalue weighted by atomic mass is 32.2. The third kappa shape index (κ3) is 6.30. The number of guanidine groups is 1. The molecular formula is C22H32N4O2S. The van der Waals surface area contributed by atoms with Gasteiger partial charge in [0.15, 0.2) is 5.96 Å². The Morgan fingerprint density at radius 3 is 2.31 bits per heavy atom. The average Bonchev–Trinajstić information content (AvgIpc) is 2.70. The summed E-state index contributed by atoms with van der Waals surface area (Å²) in [5.74, 6) is 0.729. The normalized spacial score (nSPS) is 12.4. The van der Waals surface area contributed by atoms with Gasteiger partial charge in [0.2, 0.25) is 10.0 Å². The van der Waals surface area contributed by atoms with E-state index in [1.54, 1.807) is 19.2 Å². The molecule has 0 saturated heterocycles. The van der Waals surface area contributed by atoms with Gasteiger partial charge in [-0.25, -0.2) is 13.4 Å². The Bertz CT molecular complexity index is 922. The summed E-state index contributed by atoms with van der Waals surface area (Å²) < 4.78 is 26.5. The van der Waals surface area contributed by atoms with Crippen LogP contribution in [-0.4, -0.2) is 38.3 Å². The van der Waals surface area contributed by atoms with Crippen molar-refractivity contribution in [2.45, 2.75) is 51.7 Å². The first-order chi connectivity index (χ1) is 13.8. The molecule has 0 bridgehead atoms. The molecule has 158 valence electrons. The van der Waals surface area contributed by atoms with E-state index in [0.29, 0.717) is 18.0 Å². The summed E-state index contributed by atoms with van der Waals surface area (Å²) >= 11 is 0. The Balaban J connectivity index is 2.06. The van der Waals surface area contributed by atoms with Crippen LogP contribution in [-0.2, 0) is 23.1 Å². The molecular weight excluding hydrogens is 384 g/mol. The molecule has 7 heteroatoms. The van der Waals surface area contributed by atoms with Gasteiger partial charge >= 0.3 is 0 Å². The van der Waals surface area contributed by atoms with Gasteiger partial charge in [0.1, 0.15) is 0 Å². The molecule has 0 radical (unpaired) electrons. The van der Waals surface area contributed by atoms with E-state index in [1.165, 1.54) is 15.4 Å². The van der Waals surface area contributed by atoms with Crippen LogP contribution in [0.25, 0.3) is 0 Å². The molecule has 2 aromatic rings. The van der Waals surface area contributed by atoms with Gasteiger partial charge in [0.05, 0.1) is 11.4 Å². The van der Waals surface area contributed by atoms with Gasteiger partial charge in [-0.2, -0.15) is 4.31 Å². The lowest BCUT2D eigenvalue weighted by Gasteiger charge is -2.21. The van der Waals surface area contributed by atoms with Crippen molar-refractivity contribution in [3.8, 4) is 0 Å². The Morgan fingerprint density at radius 1 is 1.07 bits per heavy atom. The number of nitrogens with one attached hydrogen (secondary N) is 2. The zero-order valence-electron chi connectivity index (χ0n) is 17.9. The third-order valence-corrected chi connectivity index (χ3v) is 6.85. The zero-order chi connectivity index (χ0) is 21.4. The third-order valence-electron chi connectivity index (χ3n) is 4.80. The molecule has 6 nitrogen and oxygen atoms in total. The quantitative estimate of drug-likeness (QED) is 0.512. The summed E-state index contributed by atoms with van der Waals surface area (Å²) in [5, 5.41) is 6.59. The van der Waals surface area contributed by atoms with E-state index in [-0.39, 0.29) is 6.04 Å². The first kappa shape index (κ1) is 22.9.